The lowest BCUT2D eigenvalue weighted by Crippen LogP contribution is -2.43. The van der Waals surface area contributed by atoms with Gasteiger partial charge in [-0.05, 0) is 18.1 Å². The minimum atomic E-state index is -2.71. The maximum atomic E-state index is 13.7. The molecule has 1 saturated heterocycles. The van der Waals surface area contributed by atoms with Crippen molar-refractivity contribution in [1.29, 1.82) is 5.41 Å². The maximum absolute atomic E-state index is 13.7. The highest BCUT2D eigenvalue weighted by Gasteiger charge is 2.35. The van der Waals surface area contributed by atoms with E-state index in [0.717, 1.165) is 11.1 Å². The number of benzene rings is 1. The predicted octanol–water partition coefficient (Wildman–Crippen LogP) is 3.53. The van der Waals surface area contributed by atoms with E-state index in [2.05, 4.69) is 15.1 Å². The van der Waals surface area contributed by atoms with Crippen LogP contribution in [0.25, 0.3) is 11.1 Å². The quantitative estimate of drug-likeness (QED) is 0.701. The zero-order valence-corrected chi connectivity index (χ0v) is 15.4. The summed E-state index contributed by atoms with van der Waals surface area (Å²) >= 11 is 0. The van der Waals surface area contributed by atoms with Gasteiger partial charge in [-0.25, -0.2) is 18.7 Å². The first-order chi connectivity index (χ1) is 13.4. The SMILES string of the molecule is Cn1cc(-c2cccc(C(=N)c3cc(N4CCCC(F)(F)C4)ncn3)c2)cn1. The van der Waals surface area contributed by atoms with E-state index in [1.807, 2.05) is 37.5 Å². The van der Waals surface area contributed by atoms with Gasteiger partial charge in [0.2, 0.25) is 0 Å². The van der Waals surface area contributed by atoms with Crippen LogP contribution in [0.15, 0.2) is 49.1 Å². The molecule has 1 aliphatic heterocycles. The van der Waals surface area contributed by atoms with Gasteiger partial charge in [0.25, 0.3) is 5.92 Å². The van der Waals surface area contributed by atoms with E-state index >= 15 is 0 Å². The van der Waals surface area contributed by atoms with Gasteiger partial charge in [-0.15, -0.1) is 0 Å². The first kappa shape index (κ1) is 18.2. The van der Waals surface area contributed by atoms with Crippen LogP contribution >= 0.6 is 0 Å². The Labute approximate surface area is 161 Å². The molecule has 4 rings (SSSR count). The maximum Gasteiger partial charge on any atom is 0.265 e. The summed E-state index contributed by atoms with van der Waals surface area (Å²) in [6.45, 7) is 0.170. The van der Waals surface area contributed by atoms with Gasteiger partial charge in [-0.2, -0.15) is 5.10 Å². The summed E-state index contributed by atoms with van der Waals surface area (Å²) < 4.78 is 29.2. The molecule has 1 fully saturated rings. The first-order valence-electron chi connectivity index (χ1n) is 9.04. The van der Waals surface area contributed by atoms with Crippen LogP contribution in [0.1, 0.15) is 24.1 Å². The second kappa shape index (κ2) is 7.10. The summed E-state index contributed by atoms with van der Waals surface area (Å²) in [5.74, 6) is -2.29. The van der Waals surface area contributed by atoms with Crippen LogP contribution in [0.5, 0.6) is 0 Å². The van der Waals surface area contributed by atoms with Gasteiger partial charge in [-0.1, -0.05) is 18.2 Å². The highest BCUT2D eigenvalue weighted by atomic mass is 19.3. The molecule has 28 heavy (non-hydrogen) atoms. The molecule has 1 aromatic carbocycles. The fraction of sp³-hybridized carbons (Fsp3) is 0.300. The number of hydrogen-bond donors (Lipinski definition) is 1. The Morgan fingerprint density at radius 3 is 2.79 bits per heavy atom. The molecular weight excluding hydrogens is 362 g/mol. The molecule has 0 unspecified atom stereocenters. The predicted molar refractivity (Wildman–Crippen MR) is 103 cm³/mol. The molecule has 0 aliphatic carbocycles. The molecule has 0 amide bonds. The van der Waals surface area contributed by atoms with E-state index < -0.39 is 5.92 Å². The van der Waals surface area contributed by atoms with Crippen molar-refractivity contribution in [3.05, 3.63) is 60.3 Å². The van der Waals surface area contributed by atoms with Gasteiger partial charge in [0, 0.05) is 43.4 Å². The van der Waals surface area contributed by atoms with Gasteiger partial charge in [0.15, 0.2) is 0 Å². The zero-order valence-electron chi connectivity index (χ0n) is 15.4. The summed E-state index contributed by atoms with van der Waals surface area (Å²) in [7, 11) is 1.85. The Bertz CT molecular complexity index is 1010. The van der Waals surface area contributed by atoms with Crippen LogP contribution in [-0.4, -0.2) is 44.5 Å². The Morgan fingerprint density at radius 2 is 2.04 bits per heavy atom. The summed E-state index contributed by atoms with van der Waals surface area (Å²) in [6, 6.07) is 9.17. The number of aromatic nitrogens is 4. The van der Waals surface area contributed by atoms with Crippen molar-refractivity contribution in [1.82, 2.24) is 19.7 Å². The fourth-order valence-corrected chi connectivity index (χ4v) is 3.39. The number of aryl methyl sites for hydroxylation is 1. The van der Waals surface area contributed by atoms with Crippen molar-refractivity contribution in [3.8, 4) is 11.1 Å². The second-order valence-corrected chi connectivity index (χ2v) is 7.00. The fourth-order valence-electron chi connectivity index (χ4n) is 3.39. The van der Waals surface area contributed by atoms with Crippen molar-refractivity contribution in [2.24, 2.45) is 7.05 Å². The molecule has 3 heterocycles. The summed E-state index contributed by atoms with van der Waals surface area (Å²) in [5, 5.41) is 12.7. The van der Waals surface area contributed by atoms with Gasteiger partial charge in [0.05, 0.1) is 24.1 Å². The summed E-state index contributed by atoms with van der Waals surface area (Å²) in [4.78, 5) is 9.90. The van der Waals surface area contributed by atoms with E-state index in [0.29, 0.717) is 30.0 Å². The Balaban J connectivity index is 1.60. The third kappa shape index (κ3) is 3.76. The van der Waals surface area contributed by atoms with Gasteiger partial charge in [0.1, 0.15) is 12.1 Å². The van der Waals surface area contributed by atoms with E-state index in [1.54, 1.807) is 21.8 Å². The molecule has 0 atom stereocenters. The number of piperidine rings is 1. The number of hydrogen-bond acceptors (Lipinski definition) is 5. The lowest BCUT2D eigenvalue weighted by molar-refractivity contribution is -0.0118. The van der Waals surface area contributed by atoms with E-state index in [4.69, 9.17) is 5.41 Å². The van der Waals surface area contributed by atoms with Crippen molar-refractivity contribution in [2.45, 2.75) is 18.8 Å². The lowest BCUT2D eigenvalue weighted by Gasteiger charge is -2.33. The largest absolute Gasteiger partial charge is 0.350 e. The topological polar surface area (TPSA) is 70.7 Å². The van der Waals surface area contributed by atoms with Crippen LogP contribution in [0.4, 0.5) is 14.6 Å². The van der Waals surface area contributed by atoms with E-state index in [9.17, 15) is 8.78 Å². The highest BCUT2D eigenvalue weighted by molar-refractivity contribution is 6.10. The summed E-state index contributed by atoms with van der Waals surface area (Å²) in [5.41, 5.74) is 3.21. The van der Waals surface area contributed by atoms with Crippen molar-refractivity contribution >= 4 is 11.5 Å². The third-order valence-corrected chi connectivity index (χ3v) is 4.81. The minimum absolute atomic E-state index is 0.0988. The third-order valence-electron chi connectivity index (χ3n) is 4.81. The van der Waals surface area contributed by atoms with E-state index in [1.165, 1.54) is 6.33 Å². The molecule has 8 heteroatoms. The van der Waals surface area contributed by atoms with Crippen LogP contribution in [0.3, 0.4) is 0 Å². The Kier molecular flexibility index (Phi) is 4.62. The average molecular weight is 382 g/mol. The molecule has 6 nitrogen and oxygen atoms in total. The van der Waals surface area contributed by atoms with Gasteiger partial charge < -0.3 is 4.90 Å². The number of nitrogens with zero attached hydrogens (tertiary/aromatic N) is 5. The van der Waals surface area contributed by atoms with Crippen molar-refractivity contribution in [2.75, 3.05) is 18.0 Å². The Morgan fingerprint density at radius 1 is 1.18 bits per heavy atom. The monoisotopic (exact) mass is 382 g/mol. The molecule has 0 bridgehead atoms. The molecule has 2 aromatic heterocycles. The number of halogens is 2. The first-order valence-corrected chi connectivity index (χ1v) is 9.04. The molecule has 1 aliphatic rings. The van der Waals surface area contributed by atoms with Crippen LogP contribution in [0.2, 0.25) is 0 Å². The standard InChI is InChI=1S/C20H20F2N6/c1-27-11-16(10-26-27)14-4-2-5-15(8-14)19(23)17-9-18(25-13-24-17)28-7-3-6-20(21,22)12-28/h2,4-5,8-11,13,23H,3,6-7,12H2,1H3. The van der Waals surface area contributed by atoms with Crippen LogP contribution < -0.4 is 4.90 Å². The number of nitrogens with one attached hydrogen (secondary N) is 1. The minimum Gasteiger partial charge on any atom is -0.350 e. The highest BCUT2D eigenvalue weighted by Crippen LogP contribution is 2.29. The van der Waals surface area contributed by atoms with E-state index in [-0.39, 0.29) is 18.7 Å². The average Bonchev–Trinajstić information content (AvgIpc) is 3.13. The van der Waals surface area contributed by atoms with Gasteiger partial charge in [-0.3, -0.25) is 10.1 Å². The van der Waals surface area contributed by atoms with Gasteiger partial charge >= 0.3 is 0 Å². The normalized spacial score (nSPS) is 16.2. The zero-order chi connectivity index (χ0) is 19.7. The molecule has 0 saturated carbocycles. The van der Waals surface area contributed by atoms with Crippen molar-refractivity contribution in [3.63, 3.8) is 0 Å². The smallest absolute Gasteiger partial charge is 0.265 e. The van der Waals surface area contributed by atoms with Crippen LogP contribution in [-0.2, 0) is 7.05 Å². The molecule has 144 valence electrons. The Hall–Kier alpha value is -3.16. The number of alkyl halides is 2. The molecule has 0 spiro atoms. The lowest BCUT2D eigenvalue weighted by atomic mass is 10.0. The molecule has 3 aromatic rings. The van der Waals surface area contributed by atoms with Crippen molar-refractivity contribution < 1.29 is 8.78 Å². The molecule has 0 radical (unpaired) electrons. The molecule has 1 N–H and O–H groups in total. The molecular formula is C20H20F2N6. The number of anilines is 1. The summed E-state index contributed by atoms with van der Waals surface area (Å²) in [6.07, 6.45) is 5.32. The second-order valence-electron chi connectivity index (χ2n) is 7.00. The number of rotatable bonds is 4. The van der Waals surface area contributed by atoms with Crippen LogP contribution in [0, 0.1) is 5.41 Å².